The van der Waals surface area contributed by atoms with Gasteiger partial charge in [-0.3, -0.25) is 15.1 Å². The van der Waals surface area contributed by atoms with Crippen molar-refractivity contribution in [3.8, 4) is 0 Å². The largest absolute Gasteiger partial charge is 0.357 e. The van der Waals surface area contributed by atoms with Crippen LogP contribution in [0.2, 0.25) is 0 Å². The number of rotatable bonds is 5. The highest BCUT2D eigenvalue weighted by atomic mass is 16.2. The summed E-state index contributed by atoms with van der Waals surface area (Å²) in [6.45, 7) is 10.7. The molecule has 0 bridgehead atoms. The van der Waals surface area contributed by atoms with E-state index < -0.39 is 5.54 Å². The van der Waals surface area contributed by atoms with E-state index in [1.54, 1.807) is 0 Å². The van der Waals surface area contributed by atoms with E-state index in [2.05, 4.69) is 32.7 Å². The third-order valence-electron chi connectivity index (χ3n) is 5.89. The van der Waals surface area contributed by atoms with Gasteiger partial charge < -0.3 is 20.4 Å². The number of piperidine rings is 1. The lowest BCUT2D eigenvalue weighted by molar-refractivity contribution is -0.125. The molecule has 0 aromatic carbocycles. The molecule has 1 atom stereocenters. The highest BCUT2D eigenvalue weighted by Crippen LogP contribution is 2.30. The van der Waals surface area contributed by atoms with Crippen molar-refractivity contribution in [1.29, 1.82) is 0 Å². The van der Waals surface area contributed by atoms with Gasteiger partial charge in [-0.25, -0.2) is 4.79 Å². The highest BCUT2D eigenvalue weighted by Gasteiger charge is 2.48. The minimum Gasteiger partial charge on any atom is -0.357 e. The predicted octanol–water partition coefficient (Wildman–Crippen LogP) is 0.358. The third-order valence-corrected chi connectivity index (χ3v) is 5.89. The molecule has 3 rings (SSSR count). The van der Waals surface area contributed by atoms with Gasteiger partial charge in [0.1, 0.15) is 5.54 Å². The van der Waals surface area contributed by atoms with Gasteiger partial charge in [-0.1, -0.05) is 0 Å². The Morgan fingerprint density at radius 3 is 2.50 bits per heavy atom. The van der Waals surface area contributed by atoms with Crippen molar-refractivity contribution in [2.24, 2.45) is 10.9 Å². The van der Waals surface area contributed by atoms with Gasteiger partial charge >= 0.3 is 6.03 Å². The van der Waals surface area contributed by atoms with E-state index in [1.165, 1.54) is 25.9 Å². The lowest BCUT2D eigenvalue weighted by Gasteiger charge is -2.39. The van der Waals surface area contributed by atoms with Gasteiger partial charge in [0.2, 0.25) is 0 Å². The molecule has 0 aliphatic carbocycles. The van der Waals surface area contributed by atoms with Gasteiger partial charge in [-0.2, -0.15) is 0 Å². The van der Waals surface area contributed by atoms with Gasteiger partial charge in [0.05, 0.1) is 6.54 Å². The molecule has 0 aromatic heterocycles. The Bertz CT molecular complexity index is 552. The van der Waals surface area contributed by atoms with E-state index in [-0.39, 0.29) is 17.9 Å². The van der Waals surface area contributed by atoms with Crippen LogP contribution in [0.25, 0.3) is 0 Å². The van der Waals surface area contributed by atoms with Gasteiger partial charge in [0.25, 0.3) is 5.91 Å². The van der Waals surface area contributed by atoms with Crippen LogP contribution in [0.15, 0.2) is 4.99 Å². The zero-order valence-corrected chi connectivity index (χ0v) is 16.0. The topological polar surface area (TPSA) is 89.1 Å². The first kappa shape index (κ1) is 18.9. The maximum Gasteiger partial charge on any atom is 0.322 e. The predicted molar refractivity (Wildman–Crippen MR) is 101 cm³/mol. The van der Waals surface area contributed by atoms with Crippen LogP contribution in [-0.4, -0.2) is 79.0 Å². The van der Waals surface area contributed by atoms with Crippen molar-refractivity contribution in [2.75, 3.05) is 45.8 Å². The Kier molecular flexibility index (Phi) is 6.01. The number of aliphatic imine (C=N–C) groups is 1. The monoisotopic (exact) mass is 364 g/mol. The molecule has 3 fully saturated rings. The number of imide groups is 1. The number of likely N-dealkylation sites (tertiary alicyclic amines) is 2. The molecule has 8 nitrogen and oxygen atoms in total. The second-order valence-corrected chi connectivity index (χ2v) is 7.66. The number of nitrogens with zero attached hydrogens (tertiary/aromatic N) is 3. The van der Waals surface area contributed by atoms with E-state index in [4.69, 9.17) is 4.99 Å². The van der Waals surface area contributed by atoms with Gasteiger partial charge in [-0.15, -0.1) is 0 Å². The molecule has 3 heterocycles. The average molecular weight is 364 g/mol. The highest BCUT2D eigenvalue weighted by molar-refractivity contribution is 6.07. The zero-order valence-electron chi connectivity index (χ0n) is 16.0. The summed E-state index contributed by atoms with van der Waals surface area (Å²) in [6, 6.07) is -0.378. The summed E-state index contributed by atoms with van der Waals surface area (Å²) in [4.78, 5) is 33.2. The Balaban J connectivity index is 1.54. The first-order chi connectivity index (χ1) is 12.5. The second-order valence-electron chi connectivity index (χ2n) is 7.66. The van der Waals surface area contributed by atoms with E-state index in [1.807, 2.05) is 6.92 Å². The lowest BCUT2D eigenvalue weighted by Crippen LogP contribution is -2.55. The van der Waals surface area contributed by atoms with Crippen molar-refractivity contribution >= 4 is 17.9 Å². The Labute approximate surface area is 155 Å². The van der Waals surface area contributed by atoms with Crippen LogP contribution < -0.4 is 16.0 Å². The minimum absolute atomic E-state index is 0.151. The van der Waals surface area contributed by atoms with Gasteiger partial charge in [0.15, 0.2) is 5.96 Å². The molecular formula is C18H32N6O2. The van der Waals surface area contributed by atoms with Crippen molar-refractivity contribution in [3.05, 3.63) is 0 Å². The number of urea groups is 1. The molecule has 0 radical (unpaired) electrons. The summed E-state index contributed by atoms with van der Waals surface area (Å²) < 4.78 is 0. The normalized spacial score (nSPS) is 28.4. The molecule has 8 heteroatoms. The average Bonchev–Trinajstić information content (AvgIpc) is 3.23. The maximum absolute atomic E-state index is 12.1. The fraction of sp³-hybridized carbons (Fsp3) is 0.833. The summed E-state index contributed by atoms with van der Waals surface area (Å²) in [5.41, 5.74) is -0.783. The molecular weight excluding hydrogens is 332 g/mol. The van der Waals surface area contributed by atoms with Crippen LogP contribution in [0.3, 0.4) is 0 Å². The summed E-state index contributed by atoms with van der Waals surface area (Å²) >= 11 is 0. The number of hydrogen-bond acceptors (Lipinski definition) is 4. The molecule has 3 aliphatic heterocycles. The molecule has 0 saturated carbocycles. The van der Waals surface area contributed by atoms with Crippen molar-refractivity contribution in [2.45, 2.75) is 45.1 Å². The summed E-state index contributed by atoms with van der Waals surface area (Å²) in [5, 5.41) is 8.58. The van der Waals surface area contributed by atoms with Gasteiger partial charge in [-0.05, 0) is 58.5 Å². The summed E-state index contributed by atoms with van der Waals surface area (Å²) in [6.07, 6.45) is 4.34. The molecule has 0 aromatic rings. The fourth-order valence-electron chi connectivity index (χ4n) is 4.24. The summed E-state index contributed by atoms with van der Waals surface area (Å²) in [7, 11) is 0. The van der Waals surface area contributed by atoms with Gasteiger partial charge in [0, 0.05) is 26.2 Å². The molecule has 26 heavy (non-hydrogen) atoms. The molecule has 1 unspecified atom stereocenters. The van der Waals surface area contributed by atoms with E-state index in [0.29, 0.717) is 0 Å². The Morgan fingerprint density at radius 1 is 1.23 bits per heavy atom. The zero-order chi connectivity index (χ0) is 18.6. The van der Waals surface area contributed by atoms with Crippen molar-refractivity contribution in [1.82, 2.24) is 25.8 Å². The van der Waals surface area contributed by atoms with Crippen LogP contribution in [0.4, 0.5) is 4.79 Å². The SMILES string of the molecule is CCNC(=NCCN1CCCC1)N1CCC(C2(C)NC(=O)NC2=O)CC1. The number of guanidine groups is 1. The summed E-state index contributed by atoms with van der Waals surface area (Å²) in [5.74, 6) is 0.917. The number of carbonyl (C=O) groups excluding carboxylic acids is 2. The fourth-order valence-corrected chi connectivity index (χ4v) is 4.24. The van der Waals surface area contributed by atoms with Crippen molar-refractivity contribution < 1.29 is 9.59 Å². The standard InChI is InChI=1S/C18H32N6O2/c1-3-19-16(20-8-13-23-9-4-5-10-23)24-11-6-14(7-12-24)18(2)15(25)21-17(26)22-18/h14H,3-13H2,1-2H3,(H,19,20)(H2,21,22,25,26). The Morgan fingerprint density at radius 2 is 1.92 bits per heavy atom. The van der Waals surface area contributed by atoms with E-state index in [0.717, 1.165) is 51.5 Å². The number of carbonyl (C=O) groups is 2. The molecule has 3 N–H and O–H groups in total. The minimum atomic E-state index is -0.783. The first-order valence-corrected chi connectivity index (χ1v) is 9.92. The lowest BCUT2D eigenvalue weighted by atomic mass is 9.79. The van der Waals surface area contributed by atoms with E-state index >= 15 is 0 Å². The quantitative estimate of drug-likeness (QED) is 0.372. The van der Waals surface area contributed by atoms with Crippen LogP contribution in [0, 0.1) is 5.92 Å². The maximum atomic E-state index is 12.1. The molecule has 146 valence electrons. The smallest absolute Gasteiger partial charge is 0.322 e. The van der Waals surface area contributed by atoms with Crippen LogP contribution in [0.5, 0.6) is 0 Å². The molecule has 3 aliphatic rings. The number of amides is 3. The first-order valence-electron chi connectivity index (χ1n) is 9.92. The van der Waals surface area contributed by atoms with Crippen LogP contribution in [-0.2, 0) is 4.79 Å². The Hall–Kier alpha value is -1.83. The second kappa shape index (κ2) is 8.24. The molecule has 3 saturated heterocycles. The van der Waals surface area contributed by atoms with Crippen LogP contribution in [0.1, 0.15) is 39.5 Å². The number of nitrogens with one attached hydrogen (secondary N) is 3. The van der Waals surface area contributed by atoms with Crippen molar-refractivity contribution in [3.63, 3.8) is 0 Å². The molecule has 3 amide bonds. The third kappa shape index (κ3) is 4.11. The number of hydrogen-bond donors (Lipinski definition) is 3. The molecule has 0 spiro atoms. The van der Waals surface area contributed by atoms with Crippen LogP contribution >= 0.6 is 0 Å². The van der Waals surface area contributed by atoms with E-state index in [9.17, 15) is 9.59 Å².